The molecule has 1 N–H and O–H groups in total. The van der Waals surface area contributed by atoms with Gasteiger partial charge in [0.1, 0.15) is 11.5 Å². The highest BCUT2D eigenvalue weighted by Gasteiger charge is 2.20. The number of carbonyl (C=O) groups is 1. The molecule has 0 atom stereocenters. The Hall–Kier alpha value is -2.76. The summed E-state index contributed by atoms with van der Waals surface area (Å²) in [5, 5.41) is 2.73. The highest BCUT2D eigenvalue weighted by molar-refractivity contribution is 7.90. The first-order valence-electron chi connectivity index (χ1n) is 9.81. The van der Waals surface area contributed by atoms with Crippen molar-refractivity contribution in [3.8, 4) is 0 Å². The van der Waals surface area contributed by atoms with Crippen molar-refractivity contribution in [3.63, 3.8) is 0 Å². The summed E-state index contributed by atoms with van der Waals surface area (Å²) in [6.45, 7) is 3.48. The van der Waals surface area contributed by atoms with Crippen LogP contribution in [0, 0.1) is 0 Å². The van der Waals surface area contributed by atoms with E-state index < -0.39 is 15.7 Å². The van der Waals surface area contributed by atoms with Gasteiger partial charge in [-0.15, -0.1) is 0 Å². The van der Waals surface area contributed by atoms with E-state index in [1.807, 2.05) is 16.8 Å². The predicted molar refractivity (Wildman–Crippen MR) is 118 cm³/mol. The number of morpholine rings is 1. The molecule has 1 aliphatic heterocycles. The van der Waals surface area contributed by atoms with Crippen LogP contribution in [0.4, 0.5) is 17.5 Å². The molecule has 2 heterocycles. The summed E-state index contributed by atoms with van der Waals surface area (Å²) in [5.74, 6) is 0.577. The SMILES string of the molecule is COCCN(C)c1cc(C(=O)Nc2cccc(S(C)(=O)=O)c2)nc(N2CCOCC2)n1. The van der Waals surface area contributed by atoms with Gasteiger partial charge in [-0.3, -0.25) is 4.79 Å². The number of likely N-dealkylation sites (N-methyl/N-ethyl adjacent to an activating group) is 1. The van der Waals surface area contributed by atoms with Crippen LogP contribution in [-0.4, -0.2) is 84.2 Å². The average Bonchev–Trinajstić information content (AvgIpc) is 2.77. The van der Waals surface area contributed by atoms with Crippen molar-refractivity contribution in [2.75, 3.05) is 75.0 Å². The van der Waals surface area contributed by atoms with Crippen LogP contribution < -0.4 is 15.1 Å². The van der Waals surface area contributed by atoms with Crippen LogP contribution in [0.25, 0.3) is 0 Å². The number of sulfone groups is 1. The van der Waals surface area contributed by atoms with Crippen LogP contribution >= 0.6 is 0 Å². The Balaban J connectivity index is 1.90. The summed E-state index contributed by atoms with van der Waals surface area (Å²) < 4.78 is 34.1. The number of amides is 1. The second-order valence-corrected chi connectivity index (χ2v) is 9.20. The Morgan fingerprint density at radius 2 is 2.00 bits per heavy atom. The van der Waals surface area contributed by atoms with Gasteiger partial charge in [0.2, 0.25) is 5.95 Å². The molecule has 31 heavy (non-hydrogen) atoms. The molecule has 0 radical (unpaired) electrons. The highest BCUT2D eigenvalue weighted by atomic mass is 32.2. The van der Waals surface area contributed by atoms with Crippen LogP contribution in [0.5, 0.6) is 0 Å². The number of aromatic nitrogens is 2. The Kier molecular flexibility index (Phi) is 7.42. The van der Waals surface area contributed by atoms with Gasteiger partial charge in [-0.2, -0.15) is 4.98 Å². The Morgan fingerprint density at radius 3 is 2.68 bits per heavy atom. The Labute approximate surface area is 182 Å². The third-order valence-corrected chi connectivity index (χ3v) is 5.88. The molecule has 0 spiro atoms. The normalized spacial score (nSPS) is 14.4. The lowest BCUT2D eigenvalue weighted by Crippen LogP contribution is -2.38. The van der Waals surface area contributed by atoms with Gasteiger partial charge in [0.05, 0.1) is 24.7 Å². The van der Waals surface area contributed by atoms with E-state index in [2.05, 4.69) is 15.3 Å². The quantitative estimate of drug-likeness (QED) is 0.631. The van der Waals surface area contributed by atoms with Crippen molar-refractivity contribution < 1.29 is 22.7 Å². The number of ether oxygens (including phenoxy) is 2. The van der Waals surface area contributed by atoms with Crippen LogP contribution in [0.3, 0.4) is 0 Å². The number of rotatable bonds is 8. The summed E-state index contributed by atoms with van der Waals surface area (Å²) in [5.41, 5.74) is 0.550. The van der Waals surface area contributed by atoms with E-state index in [-0.39, 0.29) is 10.6 Å². The van der Waals surface area contributed by atoms with Crippen LogP contribution in [0.15, 0.2) is 35.2 Å². The molecular formula is C20H27N5O5S. The first-order valence-corrected chi connectivity index (χ1v) is 11.7. The fourth-order valence-electron chi connectivity index (χ4n) is 2.98. The van der Waals surface area contributed by atoms with E-state index in [1.54, 1.807) is 25.3 Å². The molecule has 0 unspecified atom stereocenters. The van der Waals surface area contributed by atoms with Gasteiger partial charge >= 0.3 is 0 Å². The summed E-state index contributed by atoms with van der Waals surface area (Å²) in [6.07, 6.45) is 1.12. The predicted octanol–water partition coefficient (Wildman–Crippen LogP) is 1.05. The molecule has 3 rings (SSSR count). The minimum absolute atomic E-state index is 0.127. The summed E-state index contributed by atoms with van der Waals surface area (Å²) in [4.78, 5) is 26.0. The van der Waals surface area contributed by atoms with Crippen molar-refractivity contribution in [2.45, 2.75) is 4.90 Å². The fourth-order valence-corrected chi connectivity index (χ4v) is 3.65. The molecule has 1 amide bonds. The zero-order chi connectivity index (χ0) is 22.4. The Bertz CT molecular complexity index is 1020. The number of methoxy groups -OCH3 is 1. The number of hydrogen-bond acceptors (Lipinski definition) is 9. The number of nitrogens with one attached hydrogen (secondary N) is 1. The van der Waals surface area contributed by atoms with Gasteiger partial charge in [0.15, 0.2) is 9.84 Å². The molecule has 168 valence electrons. The fraction of sp³-hybridized carbons (Fsp3) is 0.450. The maximum atomic E-state index is 13.0. The molecule has 2 aromatic rings. The summed E-state index contributed by atoms with van der Waals surface area (Å²) in [6, 6.07) is 7.71. The van der Waals surface area contributed by atoms with E-state index in [4.69, 9.17) is 9.47 Å². The van der Waals surface area contributed by atoms with Crippen LogP contribution in [-0.2, 0) is 19.3 Å². The third kappa shape index (κ3) is 6.12. The number of nitrogens with zero attached hydrogens (tertiary/aromatic N) is 4. The van der Waals surface area contributed by atoms with Crippen LogP contribution in [0.2, 0.25) is 0 Å². The largest absolute Gasteiger partial charge is 0.383 e. The molecule has 0 saturated carbocycles. The lowest BCUT2D eigenvalue weighted by molar-refractivity contribution is 0.102. The van der Waals surface area contributed by atoms with E-state index in [0.29, 0.717) is 56.9 Å². The lowest BCUT2D eigenvalue weighted by atomic mass is 10.3. The second-order valence-electron chi connectivity index (χ2n) is 7.18. The Morgan fingerprint density at radius 1 is 1.26 bits per heavy atom. The topological polar surface area (TPSA) is 114 Å². The molecule has 1 aliphatic rings. The van der Waals surface area contributed by atoms with E-state index in [0.717, 1.165) is 6.26 Å². The van der Waals surface area contributed by atoms with Crippen molar-refractivity contribution in [1.29, 1.82) is 0 Å². The zero-order valence-corrected chi connectivity index (χ0v) is 18.7. The van der Waals surface area contributed by atoms with Crippen molar-refractivity contribution in [1.82, 2.24) is 9.97 Å². The average molecular weight is 450 g/mol. The van der Waals surface area contributed by atoms with Crippen molar-refractivity contribution >= 4 is 33.2 Å². The molecule has 1 aromatic heterocycles. The number of hydrogen-bond donors (Lipinski definition) is 1. The molecule has 1 saturated heterocycles. The van der Waals surface area contributed by atoms with Gasteiger partial charge in [-0.05, 0) is 18.2 Å². The number of carbonyl (C=O) groups excluding carboxylic acids is 1. The van der Waals surface area contributed by atoms with E-state index in [1.165, 1.54) is 12.1 Å². The lowest BCUT2D eigenvalue weighted by Gasteiger charge is -2.28. The highest BCUT2D eigenvalue weighted by Crippen LogP contribution is 2.20. The second kappa shape index (κ2) is 10.0. The van der Waals surface area contributed by atoms with Crippen LogP contribution in [0.1, 0.15) is 10.5 Å². The van der Waals surface area contributed by atoms with E-state index >= 15 is 0 Å². The van der Waals surface area contributed by atoms with Gasteiger partial charge in [0.25, 0.3) is 5.91 Å². The van der Waals surface area contributed by atoms with Gasteiger partial charge < -0.3 is 24.6 Å². The summed E-state index contributed by atoms with van der Waals surface area (Å²) in [7, 11) is 0.0965. The zero-order valence-electron chi connectivity index (χ0n) is 17.9. The van der Waals surface area contributed by atoms with E-state index in [9.17, 15) is 13.2 Å². The first kappa shape index (κ1) is 22.9. The molecule has 1 fully saturated rings. The number of benzene rings is 1. The molecule has 0 aliphatic carbocycles. The minimum Gasteiger partial charge on any atom is -0.383 e. The number of anilines is 3. The third-order valence-electron chi connectivity index (χ3n) is 4.77. The maximum Gasteiger partial charge on any atom is 0.274 e. The maximum absolute atomic E-state index is 13.0. The molecule has 11 heteroatoms. The first-order chi connectivity index (χ1) is 14.8. The molecular weight excluding hydrogens is 422 g/mol. The van der Waals surface area contributed by atoms with Crippen molar-refractivity contribution in [2.24, 2.45) is 0 Å². The standard InChI is InChI=1S/C20H27N5O5S/c1-24(7-10-29-2)18-14-17(22-20(23-18)25-8-11-30-12-9-25)19(26)21-15-5-4-6-16(13-15)31(3,27)28/h4-6,13-14H,7-12H2,1-3H3,(H,21,26). The molecule has 10 nitrogen and oxygen atoms in total. The smallest absolute Gasteiger partial charge is 0.274 e. The van der Waals surface area contributed by atoms with Gasteiger partial charge in [0, 0.05) is 51.8 Å². The van der Waals surface area contributed by atoms with Gasteiger partial charge in [-0.25, -0.2) is 13.4 Å². The monoisotopic (exact) mass is 449 g/mol. The van der Waals surface area contributed by atoms with Crippen molar-refractivity contribution in [3.05, 3.63) is 36.0 Å². The molecule has 0 bridgehead atoms. The van der Waals surface area contributed by atoms with Gasteiger partial charge in [-0.1, -0.05) is 6.07 Å². The minimum atomic E-state index is -3.39. The summed E-state index contributed by atoms with van der Waals surface area (Å²) >= 11 is 0. The molecule has 1 aromatic carbocycles.